The van der Waals surface area contributed by atoms with Gasteiger partial charge < -0.3 is 15.4 Å². The van der Waals surface area contributed by atoms with E-state index in [1.54, 1.807) is 36.4 Å². The van der Waals surface area contributed by atoms with Gasteiger partial charge in [-0.1, -0.05) is 23.9 Å². The van der Waals surface area contributed by atoms with Crippen molar-refractivity contribution in [2.45, 2.75) is 19.3 Å². The summed E-state index contributed by atoms with van der Waals surface area (Å²) in [6.07, 6.45) is 0.0942. The Kier molecular flexibility index (Phi) is 7.09. The van der Waals surface area contributed by atoms with Gasteiger partial charge in [0.05, 0.1) is 29.0 Å². The van der Waals surface area contributed by atoms with E-state index < -0.39 is 5.92 Å². The summed E-state index contributed by atoms with van der Waals surface area (Å²) in [5.41, 5.74) is 1.66. The van der Waals surface area contributed by atoms with Gasteiger partial charge in [-0.05, 0) is 48.9 Å². The number of nitriles is 1. The van der Waals surface area contributed by atoms with Crippen molar-refractivity contribution in [1.29, 1.82) is 5.26 Å². The van der Waals surface area contributed by atoms with Gasteiger partial charge in [0.2, 0.25) is 11.8 Å². The number of allylic oxidation sites excluding steroid dienone is 1. The van der Waals surface area contributed by atoms with Crippen LogP contribution in [0.2, 0.25) is 0 Å². The van der Waals surface area contributed by atoms with Crippen molar-refractivity contribution in [3.05, 3.63) is 70.5 Å². The second-order valence-electron chi connectivity index (χ2n) is 6.51. The first kappa shape index (κ1) is 21.4. The fourth-order valence-corrected chi connectivity index (χ4v) is 3.93. The Morgan fingerprint density at radius 3 is 2.60 bits per heavy atom. The topological polar surface area (TPSA) is 91.2 Å². The lowest BCUT2D eigenvalue weighted by Gasteiger charge is -2.25. The van der Waals surface area contributed by atoms with Gasteiger partial charge in [0.15, 0.2) is 0 Å². The van der Waals surface area contributed by atoms with Gasteiger partial charge in [-0.2, -0.15) is 5.26 Å². The summed E-state index contributed by atoms with van der Waals surface area (Å²) >= 11 is 1.09. The van der Waals surface area contributed by atoms with Crippen LogP contribution < -0.4 is 15.4 Å². The third-order valence-corrected chi connectivity index (χ3v) is 5.44. The third-order valence-electron chi connectivity index (χ3n) is 4.43. The molecule has 0 saturated carbocycles. The minimum absolute atomic E-state index is 0.0180. The summed E-state index contributed by atoms with van der Waals surface area (Å²) in [4.78, 5) is 24.5. The average Bonchev–Trinajstić information content (AvgIpc) is 2.74. The smallest absolute Gasteiger partial charge is 0.234 e. The minimum Gasteiger partial charge on any atom is -0.494 e. The van der Waals surface area contributed by atoms with E-state index in [1.165, 1.54) is 12.1 Å². The molecule has 2 aromatic carbocycles. The highest BCUT2D eigenvalue weighted by atomic mass is 32.2. The minimum atomic E-state index is -0.471. The van der Waals surface area contributed by atoms with E-state index in [-0.39, 0.29) is 29.8 Å². The molecule has 0 radical (unpaired) electrons. The lowest BCUT2D eigenvalue weighted by atomic mass is 9.87. The van der Waals surface area contributed by atoms with Crippen molar-refractivity contribution in [1.82, 2.24) is 5.32 Å². The van der Waals surface area contributed by atoms with E-state index in [4.69, 9.17) is 4.74 Å². The lowest BCUT2D eigenvalue weighted by Crippen LogP contribution is -2.31. The van der Waals surface area contributed by atoms with Gasteiger partial charge in [0.1, 0.15) is 11.6 Å². The fourth-order valence-electron chi connectivity index (χ4n) is 3.05. The lowest BCUT2D eigenvalue weighted by molar-refractivity contribution is -0.121. The normalized spacial score (nSPS) is 15.9. The van der Waals surface area contributed by atoms with Gasteiger partial charge in [-0.25, -0.2) is 4.39 Å². The molecule has 1 atom stereocenters. The maximum atomic E-state index is 13.2. The Morgan fingerprint density at radius 1 is 1.27 bits per heavy atom. The zero-order valence-electron chi connectivity index (χ0n) is 16.3. The zero-order valence-corrected chi connectivity index (χ0v) is 17.1. The molecular formula is C22H20FN3O3S. The molecular weight excluding hydrogens is 405 g/mol. The van der Waals surface area contributed by atoms with Crippen LogP contribution in [0, 0.1) is 17.1 Å². The number of carbonyl (C=O) groups is 2. The number of rotatable bonds is 7. The highest BCUT2D eigenvalue weighted by molar-refractivity contribution is 8.03. The Hall–Kier alpha value is -3.31. The van der Waals surface area contributed by atoms with Crippen LogP contribution >= 0.6 is 11.8 Å². The van der Waals surface area contributed by atoms with Crippen LogP contribution in [0.3, 0.4) is 0 Å². The van der Waals surface area contributed by atoms with Gasteiger partial charge in [-0.3, -0.25) is 9.59 Å². The Bertz CT molecular complexity index is 998. The van der Waals surface area contributed by atoms with Crippen molar-refractivity contribution >= 4 is 29.3 Å². The monoisotopic (exact) mass is 425 g/mol. The van der Waals surface area contributed by atoms with Gasteiger partial charge in [-0.15, -0.1) is 0 Å². The second kappa shape index (κ2) is 9.94. The standard InChI is InChI=1S/C22H20FN3O3S/c1-2-29-17-9-7-16(8-10-17)25-21(28)13-30-22-19(12-24)18(11-20(27)26-22)14-3-5-15(23)6-4-14/h3-10,18H,2,11,13H2,1H3,(H,25,28)(H,26,27)/t18-/m1/s1. The summed E-state index contributed by atoms with van der Waals surface area (Å²) in [6, 6.07) is 14.9. The van der Waals surface area contributed by atoms with Crippen molar-refractivity contribution in [2.75, 3.05) is 17.7 Å². The van der Waals surface area contributed by atoms with Crippen molar-refractivity contribution in [3.8, 4) is 11.8 Å². The maximum absolute atomic E-state index is 13.2. The van der Waals surface area contributed by atoms with Crippen LogP contribution in [0.1, 0.15) is 24.8 Å². The van der Waals surface area contributed by atoms with Crippen molar-refractivity contribution in [3.63, 3.8) is 0 Å². The molecule has 3 rings (SSSR count). The third kappa shape index (κ3) is 5.39. The number of anilines is 1. The van der Waals surface area contributed by atoms with Crippen molar-refractivity contribution in [2.24, 2.45) is 0 Å². The predicted molar refractivity (Wildman–Crippen MR) is 113 cm³/mol. The highest BCUT2D eigenvalue weighted by Crippen LogP contribution is 2.36. The van der Waals surface area contributed by atoms with Gasteiger partial charge >= 0.3 is 0 Å². The molecule has 1 heterocycles. The van der Waals surface area contributed by atoms with Crippen LogP contribution in [0.4, 0.5) is 10.1 Å². The quantitative estimate of drug-likeness (QED) is 0.701. The molecule has 0 fully saturated rings. The predicted octanol–water partition coefficient (Wildman–Crippen LogP) is 3.93. The molecule has 154 valence electrons. The molecule has 30 heavy (non-hydrogen) atoms. The molecule has 0 saturated heterocycles. The molecule has 2 aromatic rings. The SMILES string of the molecule is CCOc1ccc(NC(=O)CSC2=C(C#N)[C@@H](c3ccc(F)cc3)CC(=O)N2)cc1. The summed E-state index contributed by atoms with van der Waals surface area (Å²) in [6.45, 7) is 2.45. The summed E-state index contributed by atoms with van der Waals surface area (Å²) < 4.78 is 18.6. The summed E-state index contributed by atoms with van der Waals surface area (Å²) in [5, 5.41) is 15.4. The number of amides is 2. The largest absolute Gasteiger partial charge is 0.494 e. The molecule has 8 heteroatoms. The molecule has 0 bridgehead atoms. The molecule has 1 aliphatic rings. The molecule has 2 amide bonds. The highest BCUT2D eigenvalue weighted by Gasteiger charge is 2.29. The Morgan fingerprint density at radius 2 is 1.97 bits per heavy atom. The Balaban J connectivity index is 1.68. The molecule has 0 aliphatic carbocycles. The average molecular weight is 425 g/mol. The van der Waals surface area contributed by atoms with Gasteiger partial charge in [0, 0.05) is 18.0 Å². The number of hydrogen-bond donors (Lipinski definition) is 2. The summed E-state index contributed by atoms with van der Waals surface area (Å²) in [7, 11) is 0. The summed E-state index contributed by atoms with van der Waals surface area (Å²) in [5.74, 6) is -0.650. The zero-order chi connectivity index (χ0) is 21.5. The molecule has 0 spiro atoms. The molecule has 6 nitrogen and oxygen atoms in total. The maximum Gasteiger partial charge on any atom is 0.234 e. The number of nitrogens with one attached hydrogen (secondary N) is 2. The number of nitrogens with zero attached hydrogens (tertiary/aromatic N) is 1. The van der Waals surface area contributed by atoms with E-state index in [2.05, 4.69) is 16.7 Å². The van der Waals surface area contributed by atoms with E-state index in [0.29, 0.717) is 34.2 Å². The van der Waals surface area contributed by atoms with Crippen LogP contribution in [-0.4, -0.2) is 24.2 Å². The Labute approximate surface area is 178 Å². The number of hydrogen-bond acceptors (Lipinski definition) is 5. The van der Waals surface area contributed by atoms with E-state index in [1.807, 2.05) is 6.92 Å². The van der Waals surface area contributed by atoms with Crippen LogP contribution in [-0.2, 0) is 9.59 Å². The second-order valence-corrected chi connectivity index (χ2v) is 7.49. The van der Waals surface area contributed by atoms with E-state index in [0.717, 1.165) is 11.8 Å². The van der Waals surface area contributed by atoms with Crippen LogP contribution in [0.5, 0.6) is 5.75 Å². The van der Waals surface area contributed by atoms with Crippen molar-refractivity contribution < 1.29 is 18.7 Å². The first-order valence-electron chi connectivity index (χ1n) is 9.35. The number of carbonyl (C=O) groups excluding carboxylic acids is 2. The molecule has 0 aromatic heterocycles. The number of halogens is 1. The van der Waals surface area contributed by atoms with Crippen LogP contribution in [0.25, 0.3) is 0 Å². The van der Waals surface area contributed by atoms with Gasteiger partial charge in [0.25, 0.3) is 0 Å². The molecule has 0 unspecified atom stereocenters. The van der Waals surface area contributed by atoms with E-state index >= 15 is 0 Å². The first-order chi connectivity index (χ1) is 14.5. The fraction of sp³-hybridized carbons (Fsp3) is 0.227. The molecule has 2 N–H and O–H groups in total. The molecule has 1 aliphatic heterocycles. The van der Waals surface area contributed by atoms with Crippen LogP contribution in [0.15, 0.2) is 59.1 Å². The number of benzene rings is 2. The first-order valence-corrected chi connectivity index (χ1v) is 10.3. The van der Waals surface area contributed by atoms with E-state index in [9.17, 15) is 19.2 Å². The number of ether oxygens (including phenoxy) is 1. The number of thioether (sulfide) groups is 1.